The van der Waals surface area contributed by atoms with Gasteiger partial charge in [0.15, 0.2) is 34.7 Å². The number of benzene rings is 6. The molecule has 3 aliphatic carbocycles. The van der Waals surface area contributed by atoms with E-state index < -0.39 is 62.8 Å². The van der Waals surface area contributed by atoms with Crippen LogP contribution in [0.25, 0.3) is 0 Å². The molecule has 3 aliphatic rings. The van der Waals surface area contributed by atoms with Crippen molar-refractivity contribution in [2.45, 2.75) is 17.2 Å². The third kappa shape index (κ3) is 11.1. The molecular weight excluding hydrogens is 933 g/mol. The molecule has 6 aromatic carbocycles. The Morgan fingerprint density at radius 1 is 0.292 bits per heavy atom. The maximum absolute atomic E-state index is 12.3. The Kier molecular flexibility index (Phi) is 15.6. The molecule has 0 aromatic heterocycles. The lowest BCUT2D eigenvalue weighted by molar-refractivity contribution is 0.0979. The molecule has 65 heavy (non-hydrogen) atoms. The van der Waals surface area contributed by atoms with Gasteiger partial charge < -0.3 is 0 Å². The number of rotatable bonds is 2. The number of carbonyl (C=O) groups excluding carboxylic acids is 6. The fourth-order valence-electron chi connectivity index (χ4n) is 6.53. The first-order valence-corrected chi connectivity index (χ1v) is 22.3. The third-order valence-corrected chi connectivity index (χ3v) is 10.9. The second kappa shape index (κ2) is 20.3. The Labute approximate surface area is 371 Å². The van der Waals surface area contributed by atoms with E-state index in [2.05, 4.69) is 0 Å². The van der Waals surface area contributed by atoms with Crippen LogP contribution in [0.3, 0.4) is 0 Å². The molecule has 18 nitrogen and oxygen atoms in total. The monoisotopic (exact) mass is 960 g/mol. The minimum atomic E-state index is -4.42. The summed E-state index contributed by atoms with van der Waals surface area (Å²) < 4.78 is 113. The fraction of sp³-hybridized carbons (Fsp3) is 0.0233. The van der Waals surface area contributed by atoms with Crippen molar-refractivity contribution >= 4 is 76.2 Å². The summed E-state index contributed by atoms with van der Waals surface area (Å²) in [6.45, 7) is 0. The third-order valence-electron chi connectivity index (χ3n) is 9.22. The van der Waals surface area contributed by atoms with E-state index in [-0.39, 0.29) is 63.9 Å². The van der Waals surface area contributed by atoms with Gasteiger partial charge in [-0.05, 0) is 36.4 Å². The van der Waals surface area contributed by atoms with Crippen LogP contribution in [0.5, 0.6) is 0 Å². The molecular formula is C43H28O18S4. The van der Waals surface area contributed by atoms with E-state index in [1.165, 1.54) is 24.3 Å². The summed E-state index contributed by atoms with van der Waals surface area (Å²) in [6, 6.07) is 33.3. The Hall–Kier alpha value is -7.60. The average molecular weight is 961 g/mol. The minimum Gasteiger partial charge on any atom is -0.289 e. The lowest BCUT2D eigenvalue weighted by Gasteiger charge is -2.17. The molecule has 0 unspecified atom stereocenters. The molecule has 0 atom stereocenters. The highest BCUT2D eigenvalue weighted by Crippen LogP contribution is 2.31. The van der Waals surface area contributed by atoms with Crippen molar-refractivity contribution in [1.82, 2.24) is 0 Å². The zero-order valence-corrected chi connectivity index (χ0v) is 35.0. The molecule has 0 bridgehead atoms. The molecule has 0 radical (unpaired) electrons. The molecule has 332 valence electrons. The summed E-state index contributed by atoms with van der Waals surface area (Å²) in [5.74, 6) is -1.66. The largest absolute Gasteiger partial charge is 0.425 e. The van der Waals surface area contributed by atoms with Gasteiger partial charge in [0.25, 0.3) is 20.2 Å². The predicted molar refractivity (Wildman–Crippen MR) is 225 cm³/mol. The lowest BCUT2D eigenvalue weighted by Crippen LogP contribution is -2.21. The van der Waals surface area contributed by atoms with Crippen molar-refractivity contribution in [3.63, 3.8) is 0 Å². The highest BCUT2D eigenvalue weighted by atomic mass is 32.2. The van der Waals surface area contributed by atoms with Gasteiger partial charge in [-0.2, -0.15) is 16.8 Å². The molecule has 0 spiro atoms. The molecule has 0 aliphatic heterocycles. The number of carbonyl (C=O) groups is 6. The molecule has 22 heteroatoms. The molecule has 0 saturated heterocycles. The SMILES string of the molecule is C.O=C1c2ccccc2C(=O)c2cc(S(=O)(=O)O)ccc21.O=C1c2ccccc2C(=O)c2cc(S(=O)(=O)O)ccc21.O=C1c2ccccc2C(=O)c2ccccc21.O=S(=O)=O.O=S(=O)=O. The van der Waals surface area contributed by atoms with E-state index in [9.17, 15) is 45.6 Å². The normalized spacial score (nSPS) is 12.5. The van der Waals surface area contributed by atoms with Crippen molar-refractivity contribution in [2.24, 2.45) is 0 Å². The van der Waals surface area contributed by atoms with Gasteiger partial charge >= 0.3 is 21.2 Å². The Morgan fingerprint density at radius 2 is 0.446 bits per heavy atom. The number of hydrogen-bond acceptors (Lipinski definition) is 16. The van der Waals surface area contributed by atoms with E-state index in [0.717, 1.165) is 24.3 Å². The fourth-order valence-corrected chi connectivity index (χ4v) is 7.54. The van der Waals surface area contributed by atoms with E-state index in [1.807, 2.05) is 0 Å². The maximum Gasteiger partial charge on any atom is 0.425 e. The first-order chi connectivity index (χ1) is 30.0. The molecule has 0 amide bonds. The zero-order valence-electron chi connectivity index (χ0n) is 31.8. The van der Waals surface area contributed by atoms with Gasteiger partial charge in [0.1, 0.15) is 0 Å². The van der Waals surface area contributed by atoms with Crippen LogP contribution in [-0.2, 0) is 41.5 Å². The Balaban J connectivity index is 0.000000196. The summed E-state index contributed by atoms with van der Waals surface area (Å²) >= 11 is 0. The van der Waals surface area contributed by atoms with E-state index >= 15 is 0 Å². The summed E-state index contributed by atoms with van der Waals surface area (Å²) in [5, 5.41) is 0. The molecule has 6 aromatic rings. The van der Waals surface area contributed by atoms with Crippen molar-refractivity contribution < 1.29 is 80.0 Å². The Bertz CT molecular complexity index is 3180. The van der Waals surface area contributed by atoms with Crippen molar-refractivity contribution in [1.29, 1.82) is 0 Å². The maximum atomic E-state index is 12.3. The topological polar surface area (TPSA) is 314 Å². The van der Waals surface area contributed by atoms with E-state index in [0.29, 0.717) is 33.4 Å². The van der Waals surface area contributed by atoms with E-state index in [1.54, 1.807) is 84.9 Å². The van der Waals surface area contributed by atoms with Gasteiger partial charge in [0.2, 0.25) is 0 Å². The van der Waals surface area contributed by atoms with Gasteiger partial charge in [0, 0.05) is 66.8 Å². The lowest BCUT2D eigenvalue weighted by atomic mass is 9.84. The quantitative estimate of drug-likeness (QED) is 0.225. The molecule has 0 fully saturated rings. The standard InChI is InChI=1S/2C14H8O5S.C14H8O2.CH4.2O3S/c2*15-13-9-3-1-2-4-10(9)14(16)12-7-8(20(17,18)19)5-6-11(12)13;15-13-9-5-1-2-6-10(9)14(16)12-8-4-3-7-11(12)13;;2*1-4(2)3/h2*1-7H,(H,17,18,19);1-8H;1H4;;. The van der Waals surface area contributed by atoms with Crippen LogP contribution >= 0.6 is 0 Å². The molecule has 9 rings (SSSR count). The molecule has 0 saturated carbocycles. The van der Waals surface area contributed by atoms with Crippen molar-refractivity contribution in [2.75, 3.05) is 0 Å². The van der Waals surface area contributed by atoms with Gasteiger partial charge in [-0.25, -0.2) is 0 Å². The van der Waals surface area contributed by atoms with Crippen LogP contribution < -0.4 is 0 Å². The van der Waals surface area contributed by atoms with Gasteiger partial charge in [-0.15, -0.1) is 25.3 Å². The van der Waals surface area contributed by atoms with Gasteiger partial charge in [0.05, 0.1) is 9.79 Å². The highest BCUT2D eigenvalue weighted by Gasteiger charge is 2.32. The summed E-state index contributed by atoms with van der Waals surface area (Å²) in [4.78, 5) is 72.5. The van der Waals surface area contributed by atoms with Crippen molar-refractivity contribution in [3.8, 4) is 0 Å². The zero-order chi connectivity index (χ0) is 47.3. The number of ketones is 6. The van der Waals surface area contributed by atoms with Crippen LogP contribution in [0, 0.1) is 0 Å². The van der Waals surface area contributed by atoms with Crippen molar-refractivity contribution in [3.05, 3.63) is 200 Å². The van der Waals surface area contributed by atoms with E-state index in [4.69, 9.17) is 34.4 Å². The second-order valence-corrected chi connectivity index (χ2v) is 16.6. The summed E-state index contributed by atoms with van der Waals surface area (Å²) in [7, 11) is -15.1. The predicted octanol–water partition coefficient (Wildman–Crippen LogP) is 4.51. The average Bonchev–Trinajstić information content (AvgIpc) is 3.25. The van der Waals surface area contributed by atoms with Crippen LogP contribution in [0.1, 0.15) is 103 Å². The van der Waals surface area contributed by atoms with Crippen LogP contribution in [0.15, 0.2) is 143 Å². The van der Waals surface area contributed by atoms with Crippen LogP contribution in [0.4, 0.5) is 0 Å². The number of hydrogen-bond donors (Lipinski definition) is 2. The molecule has 2 N–H and O–H groups in total. The number of fused-ring (bicyclic) bond motifs is 6. The first-order valence-electron chi connectivity index (χ1n) is 17.5. The minimum absolute atomic E-state index is 0. The van der Waals surface area contributed by atoms with Crippen LogP contribution in [-0.4, -0.2) is 85.9 Å². The molecule has 0 heterocycles. The summed E-state index contributed by atoms with van der Waals surface area (Å²) in [6.07, 6.45) is 0. The van der Waals surface area contributed by atoms with Crippen LogP contribution in [0.2, 0.25) is 0 Å². The first kappa shape index (κ1) is 50.0. The smallest absolute Gasteiger partial charge is 0.289 e. The second-order valence-electron chi connectivity index (χ2n) is 12.9. The summed E-state index contributed by atoms with van der Waals surface area (Å²) in [5.41, 5.74) is 3.34. The highest BCUT2D eigenvalue weighted by molar-refractivity contribution is 7.86. The van der Waals surface area contributed by atoms with Gasteiger partial charge in [-0.1, -0.05) is 104 Å². The Morgan fingerprint density at radius 3 is 0.615 bits per heavy atom. The van der Waals surface area contributed by atoms with Gasteiger partial charge in [-0.3, -0.25) is 37.9 Å².